The molecule has 1 aromatic carbocycles. The quantitative estimate of drug-likeness (QED) is 0.825. The molecule has 0 aliphatic rings. The first kappa shape index (κ1) is 13.1. The van der Waals surface area contributed by atoms with Crippen molar-refractivity contribution in [3.05, 3.63) is 68.6 Å². The highest BCUT2D eigenvalue weighted by atomic mass is 16.1. The Morgan fingerprint density at radius 1 is 1.11 bits per heavy atom. The van der Waals surface area contributed by atoms with Crippen LogP contribution in [0.15, 0.2) is 35.1 Å². The van der Waals surface area contributed by atoms with Gasteiger partial charge in [0.2, 0.25) is 0 Å². The molecule has 1 heterocycles. The number of nitriles is 1. The maximum Gasteiger partial charge on any atom is 0.268 e. The monoisotopic (exact) mass is 252 g/mol. The Bertz CT molecular complexity index is 721. The molecule has 2 rings (SSSR count). The van der Waals surface area contributed by atoms with Crippen LogP contribution in [0, 0.1) is 32.1 Å². The third-order valence-corrected chi connectivity index (χ3v) is 3.42. The maximum atomic E-state index is 12.1. The van der Waals surface area contributed by atoms with Gasteiger partial charge in [-0.25, -0.2) is 0 Å². The lowest BCUT2D eigenvalue weighted by atomic mass is 10.1. The topological polar surface area (TPSA) is 45.8 Å². The molecule has 0 N–H and O–H groups in total. The van der Waals surface area contributed by atoms with Crippen molar-refractivity contribution < 1.29 is 0 Å². The summed E-state index contributed by atoms with van der Waals surface area (Å²) in [5.41, 5.74) is 4.35. The highest BCUT2D eigenvalue weighted by Gasteiger charge is 2.07. The van der Waals surface area contributed by atoms with E-state index in [4.69, 9.17) is 5.26 Å². The van der Waals surface area contributed by atoms with Crippen molar-refractivity contribution in [3.63, 3.8) is 0 Å². The van der Waals surface area contributed by atoms with Gasteiger partial charge in [-0.2, -0.15) is 5.26 Å². The molecule has 0 spiro atoms. The van der Waals surface area contributed by atoms with Crippen LogP contribution in [0.25, 0.3) is 0 Å². The predicted molar refractivity (Wildman–Crippen MR) is 75.2 cm³/mol. The van der Waals surface area contributed by atoms with E-state index in [1.807, 2.05) is 19.1 Å². The summed E-state index contributed by atoms with van der Waals surface area (Å²) in [5, 5.41) is 8.92. The number of nitrogens with zero attached hydrogens (tertiary/aromatic N) is 2. The van der Waals surface area contributed by atoms with Crippen LogP contribution in [0.5, 0.6) is 0 Å². The fourth-order valence-corrected chi connectivity index (χ4v) is 2.04. The van der Waals surface area contributed by atoms with E-state index < -0.39 is 0 Å². The van der Waals surface area contributed by atoms with Gasteiger partial charge in [-0.05, 0) is 49.6 Å². The molecule has 0 atom stereocenters. The molecule has 0 aliphatic heterocycles. The van der Waals surface area contributed by atoms with Crippen LogP contribution < -0.4 is 5.56 Å². The van der Waals surface area contributed by atoms with Crippen LogP contribution >= 0.6 is 0 Å². The van der Waals surface area contributed by atoms with E-state index in [-0.39, 0.29) is 11.1 Å². The van der Waals surface area contributed by atoms with Crippen LogP contribution in [-0.4, -0.2) is 4.57 Å². The summed E-state index contributed by atoms with van der Waals surface area (Å²) in [6, 6.07) is 11.5. The first-order valence-corrected chi connectivity index (χ1v) is 6.19. The molecule has 0 aliphatic carbocycles. The van der Waals surface area contributed by atoms with Crippen molar-refractivity contribution in [3.8, 4) is 6.07 Å². The molecule has 0 fully saturated rings. The summed E-state index contributed by atoms with van der Waals surface area (Å²) in [7, 11) is 0. The minimum absolute atomic E-state index is 0.189. The van der Waals surface area contributed by atoms with Crippen LogP contribution in [0.1, 0.15) is 27.9 Å². The molecule has 1 aromatic heterocycles. The van der Waals surface area contributed by atoms with Crippen molar-refractivity contribution in [1.29, 1.82) is 5.26 Å². The van der Waals surface area contributed by atoms with E-state index in [1.165, 1.54) is 11.1 Å². The molecule has 0 radical (unpaired) electrons. The van der Waals surface area contributed by atoms with Crippen LogP contribution in [0.3, 0.4) is 0 Å². The number of aromatic nitrogens is 1. The van der Waals surface area contributed by atoms with Crippen LogP contribution in [-0.2, 0) is 6.54 Å². The molecule has 2 aromatic rings. The van der Waals surface area contributed by atoms with Gasteiger partial charge in [0.05, 0.1) is 6.54 Å². The minimum atomic E-state index is -0.222. The summed E-state index contributed by atoms with van der Waals surface area (Å²) >= 11 is 0. The molecule has 19 heavy (non-hydrogen) atoms. The molecule has 96 valence electrons. The van der Waals surface area contributed by atoms with Crippen molar-refractivity contribution in [1.82, 2.24) is 4.57 Å². The van der Waals surface area contributed by atoms with Crippen molar-refractivity contribution in [2.24, 2.45) is 0 Å². The molecule has 0 amide bonds. The molecule has 3 nitrogen and oxygen atoms in total. The van der Waals surface area contributed by atoms with Gasteiger partial charge in [0.1, 0.15) is 11.6 Å². The molecule has 0 unspecified atom stereocenters. The van der Waals surface area contributed by atoms with Crippen molar-refractivity contribution in [2.45, 2.75) is 27.3 Å². The summed E-state index contributed by atoms with van der Waals surface area (Å²) in [5.74, 6) is 0. The Kier molecular flexibility index (Phi) is 3.52. The Morgan fingerprint density at radius 3 is 2.47 bits per heavy atom. The zero-order valence-electron chi connectivity index (χ0n) is 11.4. The van der Waals surface area contributed by atoms with Gasteiger partial charge in [-0.1, -0.05) is 18.2 Å². The second-order valence-electron chi connectivity index (χ2n) is 4.81. The highest BCUT2D eigenvalue weighted by Crippen LogP contribution is 2.11. The standard InChI is InChI=1S/C16H16N2O/c1-11-4-6-14(8-12(11)2)10-18-13(3)5-7-15(9-17)16(18)19/h4-8H,10H2,1-3H3. The average molecular weight is 252 g/mol. The van der Waals surface area contributed by atoms with E-state index in [0.29, 0.717) is 6.54 Å². The molecular formula is C16H16N2O. The summed E-state index contributed by atoms with van der Waals surface area (Å²) < 4.78 is 1.64. The molecule has 0 saturated carbocycles. The summed E-state index contributed by atoms with van der Waals surface area (Å²) in [6.07, 6.45) is 0. The number of rotatable bonds is 2. The van der Waals surface area contributed by atoms with Gasteiger partial charge in [0.15, 0.2) is 0 Å². The largest absolute Gasteiger partial charge is 0.307 e. The molecule has 0 bridgehead atoms. The lowest BCUT2D eigenvalue weighted by molar-refractivity contribution is 0.726. The van der Waals surface area contributed by atoms with Gasteiger partial charge < -0.3 is 4.57 Å². The average Bonchev–Trinajstić information content (AvgIpc) is 2.39. The second kappa shape index (κ2) is 5.11. The maximum absolute atomic E-state index is 12.1. The third kappa shape index (κ3) is 2.58. The first-order valence-electron chi connectivity index (χ1n) is 6.19. The fraction of sp³-hybridized carbons (Fsp3) is 0.250. The van der Waals surface area contributed by atoms with Gasteiger partial charge in [0.25, 0.3) is 5.56 Å². The van der Waals surface area contributed by atoms with E-state index in [1.54, 1.807) is 16.7 Å². The van der Waals surface area contributed by atoms with Crippen LogP contribution in [0.4, 0.5) is 0 Å². The summed E-state index contributed by atoms with van der Waals surface area (Å²) in [4.78, 5) is 12.1. The van der Waals surface area contributed by atoms with Gasteiger partial charge in [0, 0.05) is 5.69 Å². The number of benzene rings is 1. The van der Waals surface area contributed by atoms with E-state index >= 15 is 0 Å². The smallest absolute Gasteiger partial charge is 0.268 e. The third-order valence-electron chi connectivity index (χ3n) is 3.42. The minimum Gasteiger partial charge on any atom is -0.307 e. The van der Waals surface area contributed by atoms with E-state index in [2.05, 4.69) is 26.0 Å². The van der Waals surface area contributed by atoms with Gasteiger partial charge in [-0.3, -0.25) is 4.79 Å². The number of hydrogen-bond donors (Lipinski definition) is 0. The van der Waals surface area contributed by atoms with Crippen LogP contribution in [0.2, 0.25) is 0 Å². The highest BCUT2D eigenvalue weighted by molar-refractivity contribution is 5.32. The zero-order valence-corrected chi connectivity index (χ0v) is 11.4. The Labute approximate surface area is 112 Å². The molecule has 0 saturated heterocycles. The fourth-order valence-electron chi connectivity index (χ4n) is 2.04. The number of hydrogen-bond acceptors (Lipinski definition) is 2. The molecular weight excluding hydrogens is 236 g/mol. The van der Waals surface area contributed by atoms with E-state index in [0.717, 1.165) is 11.3 Å². The SMILES string of the molecule is Cc1ccc(Cn2c(C)ccc(C#N)c2=O)cc1C. The lowest BCUT2D eigenvalue weighted by Gasteiger charge is -2.11. The van der Waals surface area contributed by atoms with Gasteiger partial charge >= 0.3 is 0 Å². The number of aryl methyl sites for hydroxylation is 3. The molecule has 3 heteroatoms. The Balaban J connectivity index is 2.46. The zero-order chi connectivity index (χ0) is 14.0. The second-order valence-corrected chi connectivity index (χ2v) is 4.81. The Morgan fingerprint density at radius 2 is 1.84 bits per heavy atom. The Hall–Kier alpha value is -2.34. The predicted octanol–water partition coefficient (Wildman–Crippen LogP) is 2.69. The first-order chi connectivity index (χ1) is 9.02. The lowest BCUT2D eigenvalue weighted by Crippen LogP contribution is -2.24. The van der Waals surface area contributed by atoms with E-state index in [9.17, 15) is 4.79 Å². The van der Waals surface area contributed by atoms with Crippen molar-refractivity contribution >= 4 is 0 Å². The summed E-state index contributed by atoms with van der Waals surface area (Å²) in [6.45, 7) is 6.50. The van der Waals surface area contributed by atoms with Crippen molar-refractivity contribution in [2.75, 3.05) is 0 Å². The normalized spacial score (nSPS) is 10.2. The number of pyridine rings is 1. The van der Waals surface area contributed by atoms with Gasteiger partial charge in [-0.15, -0.1) is 0 Å².